The van der Waals surface area contributed by atoms with Crippen LogP contribution in [0.1, 0.15) is 43.5 Å². The van der Waals surface area contributed by atoms with Crippen LogP contribution in [0.2, 0.25) is 0 Å². The van der Waals surface area contributed by atoms with Gasteiger partial charge in [0.15, 0.2) is 11.5 Å². The lowest BCUT2D eigenvalue weighted by molar-refractivity contribution is -0.128. The first-order chi connectivity index (χ1) is 16.9. The smallest absolute Gasteiger partial charge is 0.164 e. The molecule has 0 amide bonds. The first-order valence-electron chi connectivity index (χ1n) is 11.9. The maximum absolute atomic E-state index is 6.67. The number of nitrogens with one attached hydrogen (secondary N) is 1. The first-order valence-corrected chi connectivity index (χ1v) is 11.9. The molecule has 0 aromatic heterocycles. The number of rotatable bonds is 6. The largest absolute Gasteiger partial charge is 0.497 e. The minimum Gasteiger partial charge on any atom is -0.497 e. The summed E-state index contributed by atoms with van der Waals surface area (Å²) in [5, 5.41) is 7.78. The van der Waals surface area contributed by atoms with Crippen LogP contribution in [0.15, 0.2) is 78.9 Å². The fourth-order valence-electron chi connectivity index (χ4n) is 4.81. The summed E-state index contributed by atoms with van der Waals surface area (Å²) in [6.45, 7) is 7.17. The van der Waals surface area contributed by atoms with E-state index in [9.17, 15) is 0 Å². The summed E-state index contributed by atoms with van der Waals surface area (Å²) in [5.41, 5.74) is 4.06. The molecule has 1 N–H and O–H groups in total. The molecule has 0 saturated heterocycles. The predicted molar refractivity (Wildman–Crippen MR) is 141 cm³/mol. The number of nitrogens with zero attached hydrogens (tertiary/aromatic N) is 1. The summed E-state index contributed by atoms with van der Waals surface area (Å²) < 4.78 is 11.7. The molecular formula is C30H32N2O3. The molecule has 0 aliphatic carbocycles. The van der Waals surface area contributed by atoms with Gasteiger partial charge < -0.3 is 19.6 Å². The Kier molecular flexibility index (Phi) is 6.03. The molecule has 35 heavy (non-hydrogen) atoms. The predicted octanol–water partition coefficient (Wildman–Crippen LogP) is 6.97. The third kappa shape index (κ3) is 4.17. The lowest BCUT2D eigenvalue weighted by Gasteiger charge is -2.35. The molecule has 0 saturated carbocycles. The van der Waals surface area contributed by atoms with Gasteiger partial charge in [0, 0.05) is 22.9 Å². The van der Waals surface area contributed by atoms with Gasteiger partial charge in [-0.1, -0.05) is 60.7 Å². The number of benzene rings is 4. The molecule has 5 nitrogen and oxygen atoms in total. The topological polar surface area (TPSA) is 43.0 Å². The van der Waals surface area contributed by atoms with Crippen molar-refractivity contribution in [3.05, 3.63) is 95.6 Å². The number of hydrogen-bond donors (Lipinski definition) is 1. The molecule has 4 aromatic rings. The summed E-state index contributed by atoms with van der Waals surface area (Å²) in [7, 11) is 3.42. The fourth-order valence-corrected chi connectivity index (χ4v) is 4.81. The van der Waals surface area contributed by atoms with Crippen molar-refractivity contribution in [1.29, 1.82) is 0 Å². The van der Waals surface area contributed by atoms with E-state index < -0.39 is 0 Å². The standard InChI is InChI=1S/C30H32N2O3/c1-30(2,3)32-27(21-14-10-7-11-15-21)25-28(35-32)23-17-16-22(33-4)18-24(23)26(29(25)34-5)31-19-20-12-8-6-9-13-20/h6-18,27,31H,19H2,1-5H3. The molecule has 1 aliphatic rings. The highest BCUT2D eigenvalue weighted by molar-refractivity contribution is 6.04. The second-order valence-corrected chi connectivity index (χ2v) is 9.80. The highest BCUT2D eigenvalue weighted by atomic mass is 16.7. The van der Waals surface area contributed by atoms with Crippen LogP contribution in [0.4, 0.5) is 5.69 Å². The van der Waals surface area contributed by atoms with Gasteiger partial charge in [0.1, 0.15) is 11.8 Å². The zero-order valence-electron chi connectivity index (χ0n) is 21.0. The van der Waals surface area contributed by atoms with Crippen LogP contribution in [-0.4, -0.2) is 24.8 Å². The number of hydroxylamine groups is 2. The van der Waals surface area contributed by atoms with E-state index in [0.29, 0.717) is 6.54 Å². The molecule has 1 atom stereocenters. The maximum Gasteiger partial charge on any atom is 0.164 e. The van der Waals surface area contributed by atoms with E-state index in [-0.39, 0.29) is 11.6 Å². The maximum atomic E-state index is 6.67. The zero-order chi connectivity index (χ0) is 24.6. The first kappa shape index (κ1) is 23.1. The number of anilines is 1. The minimum absolute atomic E-state index is 0.120. The second kappa shape index (κ2) is 9.16. The fraction of sp³-hybridized carbons (Fsp3) is 0.267. The summed E-state index contributed by atoms with van der Waals surface area (Å²) in [6, 6.07) is 26.8. The van der Waals surface area contributed by atoms with E-state index in [2.05, 4.69) is 85.7 Å². The zero-order valence-corrected chi connectivity index (χ0v) is 21.0. The molecule has 0 bridgehead atoms. The Balaban J connectivity index is 1.76. The number of methoxy groups -OCH3 is 2. The normalized spacial score (nSPS) is 15.5. The third-order valence-electron chi connectivity index (χ3n) is 6.45. The molecule has 180 valence electrons. The average molecular weight is 469 g/mol. The molecule has 0 fully saturated rings. The van der Waals surface area contributed by atoms with Crippen LogP contribution in [-0.2, 0) is 6.54 Å². The summed E-state index contributed by atoms with van der Waals surface area (Å²) in [4.78, 5) is 6.67. The SMILES string of the molecule is COc1ccc2c3c(c(OC)c(NCc4ccccc4)c2c1)C(c1ccccc1)N(C(C)(C)C)O3. The third-order valence-corrected chi connectivity index (χ3v) is 6.45. The van der Waals surface area contributed by atoms with E-state index >= 15 is 0 Å². The van der Waals surface area contributed by atoms with Gasteiger partial charge in [-0.15, -0.1) is 5.06 Å². The van der Waals surface area contributed by atoms with E-state index in [1.165, 1.54) is 5.56 Å². The molecule has 1 unspecified atom stereocenters. The van der Waals surface area contributed by atoms with Gasteiger partial charge in [-0.3, -0.25) is 0 Å². The highest BCUT2D eigenvalue weighted by Crippen LogP contribution is 2.56. The van der Waals surface area contributed by atoms with Crippen molar-refractivity contribution in [3.8, 4) is 17.2 Å². The Hall–Kier alpha value is -3.70. The van der Waals surface area contributed by atoms with Crippen molar-refractivity contribution < 1.29 is 14.3 Å². The van der Waals surface area contributed by atoms with Crippen molar-refractivity contribution in [3.63, 3.8) is 0 Å². The lowest BCUT2D eigenvalue weighted by Crippen LogP contribution is -2.43. The van der Waals surface area contributed by atoms with Crippen LogP contribution in [0.5, 0.6) is 17.2 Å². The quantitative estimate of drug-likeness (QED) is 0.331. The molecule has 5 heteroatoms. The Morgan fingerprint density at radius 3 is 2.17 bits per heavy atom. The minimum atomic E-state index is -0.249. The van der Waals surface area contributed by atoms with E-state index in [4.69, 9.17) is 14.3 Å². The Labute approximate surface area is 207 Å². The van der Waals surface area contributed by atoms with E-state index in [1.807, 2.05) is 24.3 Å². The van der Waals surface area contributed by atoms with Crippen LogP contribution >= 0.6 is 0 Å². The summed E-state index contributed by atoms with van der Waals surface area (Å²) in [6.07, 6.45) is 0. The number of hydrogen-bond acceptors (Lipinski definition) is 5. The van der Waals surface area contributed by atoms with E-state index in [1.54, 1.807) is 14.2 Å². The molecule has 5 rings (SSSR count). The Morgan fingerprint density at radius 2 is 1.54 bits per heavy atom. The van der Waals surface area contributed by atoms with Gasteiger partial charge in [-0.25, -0.2) is 0 Å². The van der Waals surface area contributed by atoms with Crippen molar-refractivity contribution in [2.75, 3.05) is 19.5 Å². The molecule has 0 spiro atoms. The van der Waals surface area contributed by atoms with Gasteiger partial charge in [0.05, 0.1) is 25.5 Å². The van der Waals surface area contributed by atoms with Crippen LogP contribution < -0.4 is 19.6 Å². The van der Waals surface area contributed by atoms with Gasteiger partial charge in [-0.05, 0) is 50.1 Å². The summed E-state index contributed by atoms with van der Waals surface area (Å²) >= 11 is 0. The van der Waals surface area contributed by atoms with Crippen molar-refractivity contribution in [2.45, 2.75) is 38.9 Å². The molecule has 1 aliphatic heterocycles. The molecular weight excluding hydrogens is 436 g/mol. The molecule has 0 radical (unpaired) electrons. The van der Waals surface area contributed by atoms with Crippen molar-refractivity contribution >= 4 is 16.5 Å². The van der Waals surface area contributed by atoms with Crippen LogP contribution in [0.25, 0.3) is 10.8 Å². The second-order valence-electron chi connectivity index (χ2n) is 9.80. The van der Waals surface area contributed by atoms with Gasteiger partial charge in [-0.2, -0.15) is 0 Å². The highest BCUT2D eigenvalue weighted by Gasteiger charge is 2.44. The van der Waals surface area contributed by atoms with Crippen LogP contribution in [0.3, 0.4) is 0 Å². The van der Waals surface area contributed by atoms with Gasteiger partial charge in [0.2, 0.25) is 0 Å². The lowest BCUT2D eigenvalue weighted by atomic mass is 9.91. The number of fused-ring (bicyclic) bond motifs is 3. The monoisotopic (exact) mass is 468 g/mol. The molecule has 4 aromatic carbocycles. The molecule has 1 heterocycles. The number of ether oxygens (including phenoxy) is 2. The average Bonchev–Trinajstić information content (AvgIpc) is 3.29. The Morgan fingerprint density at radius 1 is 0.857 bits per heavy atom. The summed E-state index contributed by atoms with van der Waals surface area (Å²) in [5.74, 6) is 2.40. The van der Waals surface area contributed by atoms with Gasteiger partial charge in [0.25, 0.3) is 0 Å². The van der Waals surface area contributed by atoms with Crippen molar-refractivity contribution in [2.24, 2.45) is 0 Å². The van der Waals surface area contributed by atoms with Gasteiger partial charge >= 0.3 is 0 Å². The van der Waals surface area contributed by atoms with Crippen molar-refractivity contribution in [1.82, 2.24) is 5.06 Å². The van der Waals surface area contributed by atoms with Crippen LogP contribution in [0, 0.1) is 0 Å². The van der Waals surface area contributed by atoms with E-state index in [0.717, 1.165) is 44.8 Å². The Bertz CT molecular complexity index is 1330.